The van der Waals surface area contributed by atoms with Gasteiger partial charge >= 0.3 is 0 Å². The van der Waals surface area contributed by atoms with Crippen LogP contribution in [0, 0.1) is 10.1 Å². The van der Waals surface area contributed by atoms with E-state index < -0.39 is 22.0 Å². The molecule has 0 aliphatic carbocycles. The fraction of sp³-hybridized carbons (Fsp3) is 0.0741. The first-order chi connectivity index (χ1) is 17.9. The highest BCUT2D eigenvalue weighted by Gasteiger charge is 2.36. The number of fused-ring (bicyclic) bond motifs is 1. The molecule has 1 fully saturated rings. The van der Waals surface area contributed by atoms with E-state index in [1.807, 2.05) is 41.1 Å². The number of anilines is 1. The maximum atomic E-state index is 13.0. The Bertz CT molecular complexity index is 1560. The van der Waals surface area contributed by atoms with E-state index in [0.29, 0.717) is 12.2 Å². The number of nitro benzene ring substituents is 1. The van der Waals surface area contributed by atoms with E-state index in [4.69, 9.17) is 0 Å². The Morgan fingerprint density at radius 1 is 0.973 bits per heavy atom. The third-order valence-electron chi connectivity index (χ3n) is 5.84. The second kappa shape index (κ2) is 10.1. The van der Waals surface area contributed by atoms with Crippen molar-refractivity contribution in [2.75, 3.05) is 11.9 Å². The Morgan fingerprint density at radius 3 is 2.41 bits per heavy atom. The summed E-state index contributed by atoms with van der Waals surface area (Å²) in [5, 5.41) is 14.0. The van der Waals surface area contributed by atoms with Crippen LogP contribution in [0.3, 0.4) is 0 Å². The fourth-order valence-corrected chi connectivity index (χ4v) is 4.91. The van der Waals surface area contributed by atoms with E-state index in [2.05, 4.69) is 5.32 Å². The lowest BCUT2D eigenvalue weighted by Crippen LogP contribution is -2.36. The molecule has 0 saturated carbocycles. The number of nitro groups is 1. The van der Waals surface area contributed by atoms with E-state index >= 15 is 0 Å². The van der Waals surface area contributed by atoms with Crippen LogP contribution in [0.4, 0.5) is 16.2 Å². The van der Waals surface area contributed by atoms with Crippen LogP contribution in [0.1, 0.15) is 11.1 Å². The van der Waals surface area contributed by atoms with Gasteiger partial charge in [-0.3, -0.25) is 29.4 Å². The summed E-state index contributed by atoms with van der Waals surface area (Å²) in [5.41, 5.74) is 3.14. The minimum absolute atomic E-state index is 0.0231. The summed E-state index contributed by atoms with van der Waals surface area (Å²) >= 11 is 0.796. The van der Waals surface area contributed by atoms with E-state index in [0.717, 1.165) is 38.7 Å². The maximum Gasteiger partial charge on any atom is 0.294 e. The van der Waals surface area contributed by atoms with Gasteiger partial charge in [0.1, 0.15) is 6.54 Å². The summed E-state index contributed by atoms with van der Waals surface area (Å²) in [4.78, 5) is 49.6. The van der Waals surface area contributed by atoms with Crippen molar-refractivity contribution in [2.24, 2.45) is 0 Å². The van der Waals surface area contributed by atoms with Gasteiger partial charge in [-0.25, -0.2) is 0 Å². The van der Waals surface area contributed by atoms with Crippen molar-refractivity contribution in [3.05, 3.63) is 111 Å². The molecule has 3 aromatic carbocycles. The number of aromatic nitrogens is 1. The molecule has 1 aliphatic heterocycles. The minimum Gasteiger partial charge on any atom is -0.342 e. The largest absolute Gasteiger partial charge is 0.342 e. The minimum atomic E-state index is -0.523. The zero-order chi connectivity index (χ0) is 25.9. The Hall–Kier alpha value is -4.70. The lowest BCUT2D eigenvalue weighted by molar-refractivity contribution is -0.384. The number of imide groups is 1. The highest BCUT2D eigenvalue weighted by molar-refractivity contribution is 8.18. The summed E-state index contributed by atoms with van der Waals surface area (Å²) in [7, 11) is 0. The average molecular weight is 513 g/mol. The van der Waals surface area contributed by atoms with Crippen LogP contribution in [0.25, 0.3) is 17.0 Å². The molecule has 0 atom stereocenters. The highest BCUT2D eigenvalue weighted by atomic mass is 32.2. The van der Waals surface area contributed by atoms with Crippen molar-refractivity contribution >= 4 is 57.2 Å². The molecular formula is C27H20N4O5S. The molecular weight excluding hydrogens is 492 g/mol. The molecule has 5 rings (SSSR count). The van der Waals surface area contributed by atoms with Gasteiger partial charge < -0.3 is 9.88 Å². The molecule has 1 N–H and O–H groups in total. The van der Waals surface area contributed by atoms with Gasteiger partial charge in [-0.15, -0.1) is 0 Å². The molecule has 2 heterocycles. The van der Waals surface area contributed by atoms with Crippen LogP contribution in [0.15, 0.2) is 90.0 Å². The lowest BCUT2D eigenvalue weighted by Gasteiger charge is -2.12. The fourth-order valence-electron chi connectivity index (χ4n) is 4.08. The van der Waals surface area contributed by atoms with Gasteiger partial charge in [0.15, 0.2) is 0 Å². The molecule has 3 amide bonds. The molecule has 37 heavy (non-hydrogen) atoms. The van der Waals surface area contributed by atoms with Crippen LogP contribution in [-0.2, 0) is 16.1 Å². The van der Waals surface area contributed by atoms with Crippen molar-refractivity contribution in [3.8, 4) is 0 Å². The van der Waals surface area contributed by atoms with Gasteiger partial charge in [-0.2, -0.15) is 0 Å². The molecule has 9 nitrogen and oxygen atoms in total. The lowest BCUT2D eigenvalue weighted by atomic mass is 10.1. The number of rotatable bonds is 7. The van der Waals surface area contributed by atoms with Crippen molar-refractivity contribution < 1.29 is 19.3 Å². The van der Waals surface area contributed by atoms with Crippen molar-refractivity contribution in [1.82, 2.24) is 9.47 Å². The van der Waals surface area contributed by atoms with Gasteiger partial charge in [0.05, 0.1) is 9.83 Å². The second-order valence-electron chi connectivity index (χ2n) is 8.34. The van der Waals surface area contributed by atoms with Crippen LogP contribution in [0.2, 0.25) is 0 Å². The van der Waals surface area contributed by atoms with Crippen LogP contribution in [-0.4, -0.2) is 38.0 Å². The summed E-state index contributed by atoms with van der Waals surface area (Å²) in [5.74, 6) is -0.986. The van der Waals surface area contributed by atoms with Gasteiger partial charge in [0.25, 0.3) is 16.8 Å². The third-order valence-corrected chi connectivity index (χ3v) is 6.75. The van der Waals surface area contributed by atoms with Gasteiger partial charge in [0, 0.05) is 47.0 Å². The number of benzene rings is 3. The predicted octanol–water partition coefficient (Wildman–Crippen LogP) is 5.27. The smallest absolute Gasteiger partial charge is 0.294 e. The predicted molar refractivity (Wildman–Crippen MR) is 142 cm³/mol. The first-order valence-corrected chi connectivity index (χ1v) is 12.1. The number of carbonyl (C=O) groups excluding carboxylic acids is 3. The monoisotopic (exact) mass is 512 g/mol. The first kappa shape index (κ1) is 24.0. The number of nitrogens with zero attached hydrogens (tertiary/aromatic N) is 3. The highest BCUT2D eigenvalue weighted by Crippen LogP contribution is 2.34. The van der Waals surface area contributed by atoms with Crippen molar-refractivity contribution in [2.45, 2.75) is 6.54 Å². The maximum absolute atomic E-state index is 13.0. The molecule has 0 unspecified atom stereocenters. The number of amides is 3. The van der Waals surface area contributed by atoms with E-state index in [1.54, 1.807) is 42.5 Å². The van der Waals surface area contributed by atoms with Crippen LogP contribution < -0.4 is 5.32 Å². The van der Waals surface area contributed by atoms with E-state index in [9.17, 15) is 24.5 Å². The zero-order valence-corrected chi connectivity index (χ0v) is 20.2. The number of non-ortho nitro benzene ring substituents is 1. The molecule has 1 aliphatic rings. The number of hydrogen-bond donors (Lipinski definition) is 1. The normalized spacial score (nSPS) is 14.5. The first-order valence-electron chi connectivity index (χ1n) is 11.3. The molecule has 184 valence electrons. The molecule has 1 saturated heterocycles. The summed E-state index contributed by atoms with van der Waals surface area (Å²) in [6.45, 7) is 0.0896. The summed E-state index contributed by atoms with van der Waals surface area (Å²) in [6, 6.07) is 22.8. The van der Waals surface area contributed by atoms with E-state index in [1.165, 1.54) is 12.1 Å². The summed E-state index contributed by atoms with van der Waals surface area (Å²) < 4.78 is 1.99. The zero-order valence-electron chi connectivity index (χ0n) is 19.4. The Morgan fingerprint density at radius 2 is 1.68 bits per heavy atom. The number of carbonyl (C=O) groups is 3. The SMILES string of the molecule is O=C(CN1C(=O)S/C(=C\c2cn(Cc3ccc([N+](=O)[O-])cc3)c3ccccc23)C1=O)Nc1ccccc1. The standard InChI is InChI=1S/C27H20N4O5S/c32-25(28-20-6-2-1-3-7-20)17-30-26(33)24(37-27(30)34)14-19-16-29(23-9-5-4-8-22(19)23)15-18-10-12-21(13-11-18)31(35)36/h1-14,16H,15,17H2,(H,28,32)/b24-14-. The number of thioether (sulfide) groups is 1. The Balaban J connectivity index is 1.37. The molecule has 4 aromatic rings. The number of hydrogen-bond acceptors (Lipinski definition) is 6. The van der Waals surface area contributed by atoms with Gasteiger partial charge in [0.2, 0.25) is 5.91 Å². The Kier molecular flexibility index (Phi) is 6.57. The van der Waals surface area contributed by atoms with Crippen molar-refractivity contribution in [1.29, 1.82) is 0 Å². The molecule has 10 heteroatoms. The number of para-hydroxylation sites is 2. The Labute approximate surface area is 215 Å². The number of nitrogens with one attached hydrogen (secondary N) is 1. The molecule has 0 bridgehead atoms. The molecule has 1 aromatic heterocycles. The summed E-state index contributed by atoms with van der Waals surface area (Å²) in [6.07, 6.45) is 3.54. The van der Waals surface area contributed by atoms with E-state index in [-0.39, 0.29) is 17.1 Å². The van der Waals surface area contributed by atoms with Crippen molar-refractivity contribution in [3.63, 3.8) is 0 Å². The van der Waals surface area contributed by atoms with Gasteiger partial charge in [-0.05, 0) is 41.6 Å². The van der Waals surface area contributed by atoms with Crippen LogP contribution in [0.5, 0.6) is 0 Å². The van der Waals surface area contributed by atoms with Crippen LogP contribution >= 0.6 is 11.8 Å². The quantitative estimate of drug-likeness (QED) is 0.205. The molecule has 0 radical (unpaired) electrons. The topological polar surface area (TPSA) is 115 Å². The average Bonchev–Trinajstić information content (AvgIpc) is 3.36. The van der Waals surface area contributed by atoms with Gasteiger partial charge in [-0.1, -0.05) is 48.5 Å². The second-order valence-corrected chi connectivity index (χ2v) is 9.33. The molecule has 0 spiro atoms. The third kappa shape index (κ3) is 5.14.